The van der Waals surface area contributed by atoms with Crippen molar-refractivity contribution in [2.45, 2.75) is 0 Å². The summed E-state index contributed by atoms with van der Waals surface area (Å²) in [6.07, 6.45) is 0. The zero-order valence-corrected chi connectivity index (χ0v) is 9.81. The summed E-state index contributed by atoms with van der Waals surface area (Å²) >= 11 is 0. The van der Waals surface area contributed by atoms with Gasteiger partial charge in [0.15, 0.2) is 5.58 Å². The molecule has 3 aromatic rings. The third kappa shape index (κ3) is 1.58. The van der Waals surface area contributed by atoms with Gasteiger partial charge < -0.3 is 20.6 Å². The van der Waals surface area contributed by atoms with Gasteiger partial charge in [-0.25, -0.2) is 0 Å². The molecule has 0 spiro atoms. The summed E-state index contributed by atoms with van der Waals surface area (Å²) in [7, 11) is 0. The fourth-order valence-corrected chi connectivity index (χ4v) is 2.18. The lowest BCUT2D eigenvalue weighted by molar-refractivity contribution is 0.311. The van der Waals surface area contributed by atoms with E-state index in [2.05, 4.69) is 5.32 Å². The summed E-state index contributed by atoms with van der Waals surface area (Å²) in [6.45, 7) is 0.558. The molecule has 2 aromatic carbocycles. The molecule has 4 N–H and O–H groups in total. The van der Waals surface area contributed by atoms with Crippen LogP contribution in [0.15, 0.2) is 40.8 Å². The highest BCUT2D eigenvalue weighted by atomic mass is 16.3. The van der Waals surface area contributed by atoms with Crippen molar-refractivity contribution in [1.82, 2.24) is 0 Å². The number of para-hydroxylation sites is 1. The molecule has 4 nitrogen and oxygen atoms in total. The van der Waals surface area contributed by atoms with E-state index in [4.69, 9.17) is 15.3 Å². The summed E-state index contributed by atoms with van der Waals surface area (Å²) < 4.78 is 5.84. The predicted molar refractivity (Wildman–Crippen MR) is 73.7 cm³/mol. The minimum Gasteiger partial charge on any atom is -0.454 e. The number of hydrogen-bond donors (Lipinski definition) is 3. The second kappa shape index (κ2) is 4.23. The smallest absolute Gasteiger partial charge is 0.160 e. The number of rotatable bonds is 3. The van der Waals surface area contributed by atoms with Gasteiger partial charge in [-0.15, -0.1) is 0 Å². The fourth-order valence-electron chi connectivity index (χ4n) is 2.18. The van der Waals surface area contributed by atoms with Crippen LogP contribution in [-0.2, 0) is 0 Å². The standard InChI is InChI=1S/C14H14N2O2/c15-10-5-6-11(16-7-8-17)14-13(10)9-3-1-2-4-12(9)18-14/h1-6,16-17H,7-8,15H2. The number of nitrogen functional groups attached to an aromatic ring is 1. The van der Waals surface area contributed by atoms with E-state index >= 15 is 0 Å². The Labute approximate surface area is 104 Å². The van der Waals surface area contributed by atoms with Crippen molar-refractivity contribution in [3.63, 3.8) is 0 Å². The number of anilines is 2. The van der Waals surface area contributed by atoms with Crippen LogP contribution in [0.3, 0.4) is 0 Å². The van der Waals surface area contributed by atoms with Crippen LogP contribution in [0.5, 0.6) is 0 Å². The van der Waals surface area contributed by atoms with Crippen molar-refractivity contribution in [1.29, 1.82) is 0 Å². The SMILES string of the molecule is Nc1ccc(NCCO)c2oc3ccccc3c12. The summed E-state index contributed by atoms with van der Waals surface area (Å²) in [5.41, 5.74) is 9.13. The molecule has 0 aliphatic carbocycles. The van der Waals surface area contributed by atoms with Gasteiger partial charge in [-0.3, -0.25) is 0 Å². The molecule has 18 heavy (non-hydrogen) atoms. The molecule has 0 radical (unpaired) electrons. The number of aliphatic hydroxyl groups is 1. The molecule has 4 heteroatoms. The molecule has 1 heterocycles. The molecule has 0 aliphatic heterocycles. The maximum atomic E-state index is 8.88. The molecular weight excluding hydrogens is 228 g/mol. The average molecular weight is 242 g/mol. The number of furan rings is 1. The number of benzene rings is 2. The van der Waals surface area contributed by atoms with E-state index in [0.29, 0.717) is 12.2 Å². The first-order valence-corrected chi connectivity index (χ1v) is 5.85. The molecule has 3 rings (SSSR count). The van der Waals surface area contributed by atoms with E-state index in [-0.39, 0.29) is 6.61 Å². The van der Waals surface area contributed by atoms with Crippen LogP contribution < -0.4 is 11.1 Å². The number of nitrogens with one attached hydrogen (secondary N) is 1. The second-order valence-corrected chi connectivity index (χ2v) is 4.16. The van der Waals surface area contributed by atoms with Gasteiger partial charge in [-0.1, -0.05) is 18.2 Å². The Morgan fingerprint density at radius 3 is 2.83 bits per heavy atom. The molecule has 0 aliphatic rings. The Balaban J connectivity index is 2.31. The van der Waals surface area contributed by atoms with Gasteiger partial charge in [-0.05, 0) is 18.2 Å². The lowest BCUT2D eigenvalue weighted by atomic mass is 10.1. The van der Waals surface area contributed by atoms with E-state index in [9.17, 15) is 0 Å². The van der Waals surface area contributed by atoms with Crippen LogP contribution in [-0.4, -0.2) is 18.3 Å². The highest BCUT2D eigenvalue weighted by Crippen LogP contribution is 2.36. The van der Waals surface area contributed by atoms with E-state index in [1.807, 2.05) is 36.4 Å². The molecule has 0 amide bonds. The molecular formula is C14H14N2O2. The predicted octanol–water partition coefficient (Wildman–Crippen LogP) is 2.57. The summed E-state index contributed by atoms with van der Waals surface area (Å²) in [4.78, 5) is 0. The van der Waals surface area contributed by atoms with Gasteiger partial charge in [0.2, 0.25) is 0 Å². The van der Waals surface area contributed by atoms with Gasteiger partial charge in [0.25, 0.3) is 0 Å². The third-order valence-electron chi connectivity index (χ3n) is 2.99. The normalized spacial score (nSPS) is 11.2. The van der Waals surface area contributed by atoms with Gasteiger partial charge >= 0.3 is 0 Å². The van der Waals surface area contributed by atoms with Crippen LogP contribution in [0.2, 0.25) is 0 Å². The molecule has 0 atom stereocenters. The van der Waals surface area contributed by atoms with Gasteiger partial charge in [0.1, 0.15) is 5.58 Å². The number of aliphatic hydroxyl groups excluding tert-OH is 1. The van der Waals surface area contributed by atoms with Crippen LogP contribution in [0.1, 0.15) is 0 Å². The minimum atomic E-state index is 0.0755. The molecule has 0 unspecified atom stereocenters. The zero-order chi connectivity index (χ0) is 12.5. The summed E-state index contributed by atoms with van der Waals surface area (Å²) in [6, 6.07) is 11.5. The van der Waals surface area contributed by atoms with E-state index in [1.165, 1.54) is 0 Å². The lowest BCUT2D eigenvalue weighted by Crippen LogP contribution is -2.05. The van der Waals surface area contributed by atoms with E-state index in [0.717, 1.165) is 27.6 Å². The molecule has 1 aromatic heterocycles. The van der Waals surface area contributed by atoms with Gasteiger partial charge in [0.05, 0.1) is 17.7 Å². The van der Waals surface area contributed by atoms with Crippen molar-refractivity contribution in [3.05, 3.63) is 36.4 Å². The minimum absolute atomic E-state index is 0.0755. The maximum absolute atomic E-state index is 8.88. The first kappa shape index (κ1) is 10.9. The van der Waals surface area contributed by atoms with Crippen molar-refractivity contribution in [3.8, 4) is 0 Å². The van der Waals surface area contributed by atoms with Crippen LogP contribution in [0, 0.1) is 0 Å². The second-order valence-electron chi connectivity index (χ2n) is 4.16. The molecule has 0 saturated carbocycles. The first-order valence-electron chi connectivity index (χ1n) is 5.85. The Bertz CT molecular complexity index is 703. The summed E-state index contributed by atoms with van der Waals surface area (Å²) in [5, 5.41) is 13.9. The van der Waals surface area contributed by atoms with E-state index < -0.39 is 0 Å². The van der Waals surface area contributed by atoms with Crippen molar-refractivity contribution in [2.24, 2.45) is 0 Å². The lowest BCUT2D eigenvalue weighted by Gasteiger charge is -2.05. The number of nitrogens with two attached hydrogens (primary N) is 1. The molecule has 0 bridgehead atoms. The largest absolute Gasteiger partial charge is 0.454 e. The first-order chi connectivity index (χ1) is 8.81. The quantitative estimate of drug-likeness (QED) is 0.617. The Hall–Kier alpha value is -2.20. The third-order valence-corrected chi connectivity index (χ3v) is 2.99. The van der Waals surface area contributed by atoms with Gasteiger partial charge in [-0.2, -0.15) is 0 Å². The molecule has 0 saturated heterocycles. The van der Waals surface area contributed by atoms with Gasteiger partial charge in [0, 0.05) is 17.6 Å². The van der Waals surface area contributed by atoms with Crippen molar-refractivity contribution >= 4 is 33.3 Å². The molecule has 92 valence electrons. The topological polar surface area (TPSA) is 71.4 Å². The Morgan fingerprint density at radius 2 is 2.00 bits per heavy atom. The summed E-state index contributed by atoms with van der Waals surface area (Å²) in [5.74, 6) is 0. The van der Waals surface area contributed by atoms with E-state index in [1.54, 1.807) is 0 Å². The molecule has 0 fully saturated rings. The van der Waals surface area contributed by atoms with Crippen LogP contribution in [0.4, 0.5) is 11.4 Å². The van der Waals surface area contributed by atoms with Crippen LogP contribution in [0.25, 0.3) is 21.9 Å². The highest BCUT2D eigenvalue weighted by molar-refractivity contribution is 6.14. The zero-order valence-electron chi connectivity index (χ0n) is 9.81. The maximum Gasteiger partial charge on any atom is 0.160 e. The average Bonchev–Trinajstić information content (AvgIpc) is 2.78. The monoisotopic (exact) mass is 242 g/mol. The van der Waals surface area contributed by atoms with Crippen molar-refractivity contribution in [2.75, 3.05) is 24.2 Å². The Morgan fingerprint density at radius 1 is 1.17 bits per heavy atom. The number of fused-ring (bicyclic) bond motifs is 3. The Kier molecular flexibility index (Phi) is 2.57. The number of hydrogen-bond acceptors (Lipinski definition) is 4. The van der Waals surface area contributed by atoms with Crippen molar-refractivity contribution < 1.29 is 9.52 Å². The fraction of sp³-hybridized carbons (Fsp3) is 0.143. The highest BCUT2D eigenvalue weighted by Gasteiger charge is 2.12. The van der Waals surface area contributed by atoms with Crippen LogP contribution >= 0.6 is 0 Å².